The maximum atomic E-state index is 12.0. The Kier molecular flexibility index (Phi) is 3.95. The number of amides is 1. The standard InChI is InChI=1S/C13H10ClN3O3/c1-8-2-4-11(17(19)20)10(6-8)16-13(18)9-3-5-12(14)15-7-9/h2-7H,1H3,(H,16,18). The maximum absolute atomic E-state index is 12.0. The molecule has 1 aromatic carbocycles. The molecular weight excluding hydrogens is 282 g/mol. The minimum atomic E-state index is -0.546. The van der Waals surface area contributed by atoms with Gasteiger partial charge in [-0.2, -0.15) is 0 Å². The van der Waals surface area contributed by atoms with Crippen LogP contribution in [0.5, 0.6) is 0 Å². The number of nitro groups is 1. The van der Waals surface area contributed by atoms with Gasteiger partial charge in [-0.25, -0.2) is 4.98 Å². The van der Waals surface area contributed by atoms with Gasteiger partial charge >= 0.3 is 0 Å². The molecule has 6 nitrogen and oxygen atoms in total. The van der Waals surface area contributed by atoms with E-state index in [0.29, 0.717) is 0 Å². The van der Waals surface area contributed by atoms with E-state index in [1.54, 1.807) is 19.1 Å². The molecule has 1 heterocycles. The van der Waals surface area contributed by atoms with Gasteiger partial charge in [0.15, 0.2) is 0 Å². The molecular formula is C13H10ClN3O3. The number of nitro benzene ring substituents is 1. The molecule has 2 rings (SSSR count). The molecule has 0 atom stereocenters. The van der Waals surface area contributed by atoms with Gasteiger partial charge in [-0.1, -0.05) is 17.7 Å². The van der Waals surface area contributed by atoms with Crippen LogP contribution in [-0.4, -0.2) is 15.8 Å². The Morgan fingerprint density at radius 3 is 2.70 bits per heavy atom. The average Bonchev–Trinajstić information content (AvgIpc) is 2.39. The summed E-state index contributed by atoms with van der Waals surface area (Å²) >= 11 is 5.63. The number of pyridine rings is 1. The molecule has 0 aliphatic heterocycles. The number of nitrogens with zero attached hydrogens (tertiary/aromatic N) is 2. The number of anilines is 1. The summed E-state index contributed by atoms with van der Waals surface area (Å²) in [6, 6.07) is 7.47. The summed E-state index contributed by atoms with van der Waals surface area (Å²) in [6.45, 7) is 1.78. The molecule has 102 valence electrons. The lowest BCUT2D eigenvalue weighted by atomic mass is 10.2. The topological polar surface area (TPSA) is 85.1 Å². The normalized spacial score (nSPS) is 10.1. The number of rotatable bonds is 3. The Bertz CT molecular complexity index is 671. The first kappa shape index (κ1) is 14.0. The van der Waals surface area contributed by atoms with Crippen molar-refractivity contribution in [3.8, 4) is 0 Å². The van der Waals surface area contributed by atoms with Crippen molar-refractivity contribution >= 4 is 28.9 Å². The summed E-state index contributed by atoms with van der Waals surface area (Å²) in [6.07, 6.45) is 1.30. The van der Waals surface area contributed by atoms with Crippen molar-refractivity contribution in [3.63, 3.8) is 0 Å². The van der Waals surface area contributed by atoms with E-state index in [0.717, 1.165) is 5.56 Å². The lowest BCUT2D eigenvalue weighted by Gasteiger charge is -2.06. The molecule has 7 heteroatoms. The van der Waals surface area contributed by atoms with E-state index >= 15 is 0 Å². The molecule has 0 spiro atoms. The van der Waals surface area contributed by atoms with Crippen LogP contribution >= 0.6 is 11.6 Å². The Labute approximate surface area is 119 Å². The first-order valence-electron chi connectivity index (χ1n) is 5.65. The number of aromatic nitrogens is 1. The van der Waals surface area contributed by atoms with E-state index in [1.807, 2.05) is 0 Å². The number of benzene rings is 1. The smallest absolute Gasteiger partial charge is 0.292 e. The summed E-state index contributed by atoms with van der Waals surface area (Å²) in [5.74, 6) is -0.483. The summed E-state index contributed by atoms with van der Waals surface area (Å²) in [4.78, 5) is 26.2. The largest absolute Gasteiger partial charge is 0.316 e. The van der Waals surface area contributed by atoms with Crippen LogP contribution < -0.4 is 5.32 Å². The quantitative estimate of drug-likeness (QED) is 0.534. The molecule has 0 radical (unpaired) electrons. The Morgan fingerprint density at radius 1 is 1.35 bits per heavy atom. The predicted octanol–water partition coefficient (Wildman–Crippen LogP) is 3.20. The molecule has 0 saturated heterocycles. The maximum Gasteiger partial charge on any atom is 0.292 e. The van der Waals surface area contributed by atoms with Crippen LogP contribution in [0.25, 0.3) is 0 Å². The van der Waals surface area contributed by atoms with Crippen molar-refractivity contribution in [3.05, 3.63) is 62.9 Å². The highest BCUT2D eigenvalue weighted by atomic mass is 35.5. The third kappa shape index (κ3) is 3.10. The van der Waals surface area contributed by atoms with Gasteiger partial charge in [0.1, 0.15) is 10.8 Å². The highest BCUT2D eigenvalue weighted by Crippen LogP contribution is 2.25. The van der Waals surface area contributed by atoms with Gasteiger partial charge in [0.2, 0.25) is 0 Å². The molecule has 1 N–H and O–H groups in total. The summed E-state index contributed by atoms with van der Waals surface area (Å²) in [7, 11) is 0. The highest BCUT2D eigenvalue weighted by molar-refractivity contribution is 6.29. The zero-order valence-corrected chi connectivity index (χ0v) is 11.2. The molecule has 0 fully saturated rings. The van der Waals surface area contributed by atoms with Crippen LogP contribution in [0.1, 0.15) is 15.9 Å². The zero-order valence-electron chi connectivity index (χ0n) is 10.5. The number of hydrogen-bond donors (Lipinski definition) is 1. The summed E-state index contributed by atoms with van der Waals surface area (Å²) in [5, 5.41) is 13.7. The van der Waals surface area contributed by atoms with E-state index in [1.165, 1.54) is 24.4 Å². The number of aryl methyl sites for hydroxylation is 1. The minimum absolute atomic E-state index is 0.148. The second-order valence-electron chi connectivity index (χ2n) is 4.10. The van der Waals surface area contributed by atoms with E-state index in [-0.39, 0.29) is 22.1 Å². The number of carbonyl (C=O) groups excluding carboxylic acids is 1. The fourth-order valence-electron chi connectivity index (χ4n) is 1.61. The minimum Gasteiger partial charge on any atom is -0.316 e. The second kappa shape index (κ2) is 5.66. The van der Waals surface area contributed by atoms with E-state index in [4.69, 9.17) is 11.6 Å². The van der Waals surface area contributed by atoms with Crippen molar-refractivity contribution in [2.75, 3.05) is 5.32 Å². The molecule has 20 heavy (non-hydrogen) atoms. The molecule has 0 aliphatic carbocycles. The molecule has 0 aliphatic rings. The van der Waals surface area contributed by atoms with Gasteiger partial charge in [-0.15, -0.1) is 0 Å². The highest BCUT2D eigenvalue weighted by Gasteiger charge is 2.16. The summed E-state index contributed by atoms with van der Waals surface area (Å²) < 4.78 is 0. The Morgan fingerprint density at radius 2 is 2.10 bits per heavy atom. The third-order valence-electron chi connectivity index (χ3n) is 2.59. The van der Waals surface area contributed by atoms with Gasteiger partial charge in [-0.3, -0.25) is 14.9 Å². The van der Waals surface area contributed by atoms with Crippen LogP contribution in [-0.2, 0) is 0 Å². The monoisotopic (exact) mass is 291 g/mol. The lowest BCUT2D eigenvalue weighted by Crippen LogP contribution is -2.13. The van der Waals surface area contributed by atoms with Gasteiger partial charge in [0, 0.05) is 12.3 Å². The molecule has 0 bridgehead atoms. The van der Waals surface area contributed by atoms with Crippen LogP contribution in [0.2, 0.25) is 5.15 Å². The van der Waals surface area contributed by atoms with Crippen LogP contribution in [0.3, 0.4) is 0 Å². The summed E-state index contributed by atoms with van der Waals surface area (Å²) in [5.41, 5.74) is 1.06. The van der Waals surface area contributed by atoms with Crippen LogP contribution in [0, 0.1) is 17.0 Å². The van der Waals surface area contributed by atoms with Crippen LogP contribution in [0.15, 0.2) is 36.5 Å². The number of carbonyl (C=O) groups is 1. The van der Waals surface area contributed by atoms with Gasteiger partial charge < -0.3 is 5.32 Å². The Hall–Kier alpha value is -2.47. The lowest BCUT2D eigenvalue weighted by molar-refractivity contribution is -0.383. The SMILES string of the molecule is Cc1ccc([N+](=O)[O-])c(NC(=O)c2ccc(Cl)nc2)c1. The van der Waals surface area contributed by atoms with E-state index in [9.17, 15) is 14.9 Å². The zero-order chi connectivity index (χ0) is 14.7. The third-order valence-corrected chi connectivity index (χ3v) is 2.81. The Balaban J connectivity index is 2.29. The van der Waals surface area contributed by atoms with Crippen LogP contribution in [0.4, 0.5) is 11.4 Å². The van der Waals surface area contributed by atoms with Crippen molar-refractivity contribution in [2.45, 2.75) is 6.92 Å². The number of nitrogens with one attached hydrogen (secondary N) is 1. The predicted molar refractivity (Wildman–Crippen MR) is 75.0 cm³/mol. The fourth-order valence-corrected chi connectivity index (χ4v) is 1.73. The average molecular weight is 292 g/mol. The number of halogens is 1. The molecule has 0 unspecified atom stereocenters. The van der Waals surface area contributed by atoms with Crippen molar-refractivity contribution in [1.82, 2.24) is 4.98 Å². The molecule has 2 aromatic rings. The fraction of sp³-hybridized carbons (Fsp3) is 0.0769. The van der Waals surface area contributed by atoms with Crippen molar-refractivity contribution < 1.29 is 9.72 Å². The van der Waals surface area contributed by atoms with Crippen molar-refractivity contribution in [1.29, 1.82) is 0 Å². The van der Waals surface area contributed by atoms with Crippen molar-refractivity contribution in [2.24, 2.45) is 0 Å². The van der Waals surface area contributed by atoms with Gasteiger partial charge in [0.05, 0.1) is 10.5 Å². The second-order valence-corrected chi connectivity index (χ2v) is 4.49. The molecule has 1 amide bonds. The van der Waals surface area contributed by atoms with E-state index < -0.39 is 10.8 Å². The molecule has 1 aromatic heterocycles. The first-order valence-corrected chi connectivity index (χ1v) is 6.03. The first-order chi connectivity index (χ1) is 9.47. The number of hydrogen-bond acceptors (Lipinski definition) is 4. The van der Waals surface area contributed by atoms with Gasteiger partial charge in [-0.05, 0) is 30.7 Å². The molecule has 0 saturated carbocycles. The van der Waals surface area contributed by atoms with E-state index in [2.05, 4.69) is 10.3 Å². The van der Waals surface area contributed by atoms with Gasteiger partial charge in [0.25, 0.3) is 11.6 Å².